The van der Waals surface area contributed by atoms with Crippen molar-refractivity contribution in [2.75, 3.05) is 11.9 Å². The molecule has 0 aliphatic rings. The van der Waals surface area contributed by atoms with Gasteiger partial charge in [-0.05, 0) is 31.4 Å². The molecule has 1 aromatic rings. The lowest BCUT2D eigenvalue weighted by atomic mass is 10.1. The number of carbonyl (C=O) groups excluding carboxylic acids is 1. The fourth-order valence-corrected chi connectivity index (χ4v) is 1.55. The van der Waals surface area contributed by atoms with E-state index >= 15 is 0 Å². The van der Waals surface area contributed by atoms with Crippen LogP contribution in [0.2, 0.25) is 0 Å². The minimum absolute atomic E-state index is 0.120. The van der Waals surface area contributed by atoms with Gasteiger partial charge in [0.2, 0.25) is 0 Å². The van der Waals surface area contributed by atoms with E-state index in [2.05, 4.69) is 17.6 Å². The van der Waals surface area contributed by atoms with Gasteiger partial charge in [0.05, 0.1) is 0 Å². The van der Waals surface area contributed by atoms with E-state index in [1.54, 1.807) is 0 Å². The van der Waals surface area contributed by atoms with Gasteiger partial charge in [0, 0.05) is 12.2 Å². The van der Waals surface area contributed by atoms with Crippen molar-refractivity contribution in [2.45, 2.75) is 33.6 Å². The Labute approximate surface area is 97.2 Å². The van der Waals surface area contributed by atoms with Gasteiger partial charge in [-0.25, -0.2) is 4.79 Å². The van der Waals surface area contributed by atoms with E-state index in [0.29, 0.717) is 0 Å². The highest BCUT2D eigenvalue weighted by molar-refractivity contribution is 5.90. The average molecular weight is 220 g/mol. The summed E-state index contributed by atoms with van der Waals surface area (Å²) in [5, 5.41) is 5.72. The SMILES string of the molecule is CCCCNC(=O)Nc1c(C)cccc1C. The number of unbranched alkanes of at least 4 members (excludes halogenated alkanes) is 1. The topological polar surface area (TPSA) is 41.1 Å². The Morgan fingerprint density at radius 3 is 2.44 bits per heavy atom. The Kier molecular flexibility index (Phi) is 4.83. The number of urea groups is 1. The second-order valence-corrected chi connectivity index (χ2v) is 4.00. The van der Waals surface area contributed by atoms with Crippen LogP contribution in [0.1, 0.15) is 30.9 Å². The molecule has 0 fully saturated rings. The van der Waals surface area contributed by atoms with E-state index < -0.39 is 0 Å². The molecule has 0 unspecified atom stereocenters. The molecule has 0 bridgehead atoms. The van der Waals surface area contributed by atoms with E-state index in [4.69, 9.17) is 0 Å². The first-order valence-corrected chi connectivity index (χ1v) is 5.76. The van der Waals surface area contributed by atoms with Crippen LogP contribution in [0, 0.1) is 13.8 Å². The van der Waals surface area contributed by atoms with E-state index in [-0.39, 0.29) is 6.03 Å². The van der Waals surface area contributed by atoms with E-state index in [1.165, 1.54) is 0 Å². The summed E-state index contributed by atoms with van der Waals surface area (Å²) >= 11 is 0. The summed E-state index contributed by atoms with van der Waals surface area (Å²) in [4.78, 5) is 11.6. The van der Waals surface area contributed by atoms with E-state index in [0.717, 1.165) is 36.2 Å². The maximum Gasteiger partial charge on any atom is 0.319 e. The average Bonchev–Trinajstić information content (AvgIpc) is 2.24. The molecule has 0 spiro atoms. The lowest BCUT2D eigenvalue weighted by molar-refractivity contribution is 0.252. The second kappa shape index (κ2) is 6.16. The van der Waals surface area contributed by atoms with Crippen LogP contribution in [-0.2, 0) is 0 Å². The molecule has 0 atom stereocenters. The van der Waals surface area contributed by atoms with Gasteiger partial charge in [0.25, 0.3) is 0 Å². The smallest absolute Gasteiger partial charge is 0.319 e. The predicted octanol–water partition coefficient (Wildman–Crippen LogP) is 3.23. The van der Waals surface area contributed by atoms with Gasteiger partial charge in [-0.15, -0.1) is 0 Å². The third-order valence-corrected chi connectivity index (χ3v) is 2.54. The molecule has 88 valence electrons. The highest BCUT2D eigenvalue weighted by Gasteiger charge is 2.05. The van der Waals surface area contributed by atoms with Crippen LogP contribution >= 0.6 is 0 Å². The third-order valence-electron chi connectivity index (χ3n) is 2.54. The second-order valence-electron chi connectivity index (χ2n) is 4.00. The van der Waals surface area contributed by atoms with Crippen molar-refractivity contribution in [1.82, 2.24) is 5.32 Å². The van der Waals surface area contributed by atoms with Crippen LogP contribution in [0.15, 0.2) is 18.2 Å². The Morgan fingerprint density at radius 1 is 1.25 bits per heavy atom. The molecule has 3 nitrogen and oxygen atoms in total. The van der Waals surface area contributed by atoms with Crippen molar-refractivity contribution in [3.05, 3.63) is 29.3 Å². The van der Waals surface area contributed by atoms with Crippen molar-refractivity contribution in [2.24, 2.45) is 0 Å². The molecule has 2 amide bonds. The fourth-order valence-electron chi connectivity index (χ4n) is 1.55. The van der Waals surface area contributed by atoms with Crippen LogP contribution in [0.4, 0.5) is 10.5 Å². The van der Waals surface area contributed by atoms with E-state index in [9.17, 15) is 4.79 Å². The first-order chi connectivity index (χ1) is 7.65. The van der Waals surface area contributed by atoms with Crippen molar-refractivity contribution in [3.8, 4) is 0 Å². The van der Waals surface area contributed by atoms with Crippen LogP contribution in [0.5, 0.6) is 0 Å². The number of hydrogen-bond donors (Lipinski definition) is 2. The molecule has 0 saturated heterocycles. The van der Waals surface area contributed by atoms with Gasteiger partial charge in [-0.3, -0.25) is 0 Å². The number of para-hydroxylation sites is 1. The molecule has 1 aromatic carbocycles. The van der Waals surface area contributed by atoms with Crippen LogP contribution in [0.25, 0.3) is 0 Å². The predicted molar refractivity (Wildman–Crippen MR) is 67.8 cm³/mol. The molecule has 0 radical (unpaired) electrons. The first kappa shape index (κ1) is 12.6. The number of rotatable bonds is 4. The number of anilines is 1. The Balaban J connectivity index is 2.56. The van der Waals surface area contributed by atoms with Crippen molar-refractivity contribution in [1.29, 1.82) is 0 Å². The van der Waals surface area contributed by atoms with Crippen LogP contribution in [-0.4, -0.2) is 12.6 Å². The lowest BCUT2D eigenvalue weighted by Crippen LogP contribution is -2.30. The standard InChI is InChI=1S/C13H20N2O/c1-4-5-9-14-13(16)15-12-10(2)7-6-8-11(12)3/h6-8H,4-5,9H2,1-3H3,(H2,14,15,16). The summed E-state index contributed by atoms with van der Waals surface area (Å²) in [7, 11) is 0. The lowest BCUT2D eigenvalue weighted by Gasteiger charge is -2.12. The molecule has 0 saturated carbocycles. The van der Waals surface area contributed by atoms with Gasteiger partial charge in [0.15, 0.2) is 0 Å². The van der Waals surface area contributed by atoms with Gasteiger partial charge < -0.3 is 10.6 Å². The number of hydrogen-bond acceptors (Lipinski definition) is 1. The molecule has 0 heterocycles. The number of aryl methyl sites for hydroxylation is 2. The minimum Gasteiger partial charge on any atom is -0.338 e. The zero-order chi connectivity index (χ0) is 12.0. The zero-order valence-electron chi connectivity index (χ0n) is 10.3. The Morgan fingerprint density at radius 2 is 1.88 bits per heavy atom. The van der Waals surface area contributed by atoms with Gasteiger partial charge in [-0.1, -0.05) is 31.5 Å². The molecular weight excluding hydrogens is 200 g/mol. The molecule has 3 heteroatoms. The quantitative estimate of drug-likeness (QED) is 0.751. The summed E-state index contributed by atoms with van der Waals surface area (Å²) in [5.41, 5.74) is 3.09. The maximum atomic E-state index is 11.6. The summed E-state index contributed by atoms with van der Waals surface area (Å²) in [5.74, 6) is 0. The zero-order valence-corrected chi connectivity index (χ0v) is 10.3. The molecule has 0 aliphatic carbocycles. The molecule has 16 heavy (non-hydrogen) atoms. The van der Waals surface area contributed by atoms with Crippen LogP contribution in [0.3, 0.4) is 0 Å². The van der Waals surface area contributed by atoms with Crippen molar-refractivity contribution < 1.29 is 4.79 Å². The molecular formula is C13H20N2O. The monoisotopic (exact) mass is 220 g/mol. The maximum absolute atomic E-state index is 11.6. The van der Waals surface area contributed by atoms with Crippen molar-refractivity contribution in [3.63, 3.8) is 0 Å². The highest BCUT2D eigenvalue weighted by Crippen LogP contribution is 2.18. The molecule has 0 aromatic heterocycles. The van der Waals surface area contributed by atoms with Crippen molar-refractivity contribution >= 4 is 11.7 Å². The Bertz CT molecular complexity index is 341. The largest absolute Gasteiger partial charge is 0.338 e. The first-order valence-electron chi connectivity index (χ1n) is 5.76. The summed E-state index contributed by atoms with van der Waals surface area (Å²) < 4.78 is 0. The Hall–Kier alpha value is -1.51. The summed E-state index contributed by atoms with van der Waals surface area (Å²) in [6.07, 6.45) is 2.10. The number of amides is 2. The number of carbonyl (C=O) groups is 1. The van der Waals surface area contributed by atoms with Gasteiger partial charge in [0.1, 0.15) is 0 Å². The number of benzene rings is 1. The van der Waals surface area contributed by atoms with Crippen LogP contribution < -0.4 is 10.6 Å². The summed E-state index contributed by atoms with van der Waals surface area (Å²) in [6.45, 7) is 6.82. The molecule has 0 aliphatic heterocycles. The van der Waals surface area contributed by atoms with E-state index in [1.807, 2.05) is 32.0 Å². The highest BCUT2D eigenvalue weighted by atomic mass is 16.2. The third kappa shape index (κ3) is 3.57. The fraction of sp³-hybridized carbons (Fsp3) is 0.462. The molecule has 1 rings (SSSR count). The van der Waals surface area contributed by atoms with Gasteiger partial charge in [-0.2, -0.15) is 0 Å². The van der Waals surface area contributed by atoms with Gasteiger partial charge >= 0.3 is 6.03 Å². The minimum atomic E-state index is -0.120. The summed E-state index contributed by atoms with van der Waals surface area (Å²) in [6, 6.07) is 5.86. The normalized spacial score (nSPS) is 9.94. The number of nitrogens with one attached hydrogen (secondary N) is 2. The molecule has 2 N–H and O–H groups in total.